The van der Waals surface area contributed by atoms with Crippen LogP contribution in [0, 0.1) is 24.6 Å². The maximum absolute atomic E-state index is 14.5. The number of nitrogens with zero attached hydrogens (tertiary/aromatic N) is 3. The number of alkyl halides is 3. The van der Waals surface area contributed by atoms with Crippen LogP contribution in [0.4, 0.5) is 17.6 Å². The van der Waals surface area contributed by atoms with Crippen LogP contribution in [0.15, 0.2) is 28.9 Å². The molecule has 1 fully saturated rings. The summed E-state index contributed by atoms with van der Waals surface area (Å²) >= 11 is 3.19. The Bertz CT molecular complexity index is 1330. The van der Waals surface area contributed by atoms with Gasteiger partial charge in [0.15, 0.2) is 0 Å². The number of aromatic nitrogens is 2. The lowest BCUT2D eigenvalue weighted by molar-refractivity contribution is -0.175. The molecule has 0 saturated carbocycles. The van der Waals surface area contributed by atoms with Crippen LogP contribution in [0.5, 0.6) is 0 Å². The van der Waals surface area contributed by atoms with E-state index in [1.165, 1.54) is 41.8 Å². The highest BCUT2D eigenvalue weighted by molar-refractivity contribution is 9.10. The van der Waals surface area contributed by atoms with Crippen LogP contribution in [-0.4, -0.2) is 69.0 Å². The van der Waals surface area contributed by atoms with Gasteiger partial charge in [-0.3, -0.25) is 19.2 Å². The van der Waals surface area contributed by atoms with Crippen LogP contribution in [0.2, 0.25) is 0 Å². The molecule has 0 aliphatic carbocycles. The van der Waals surface area contributed by atoms with Crippen LogP contribution >= 0.6 is 15.9 Å². The van der Waals surface area contributed by atoms with Gasteiger partial charge in [-0.25, -0.2) is 9.07 Å². The molecule has 3 rings (SSSR count). The van der Waals surface area contributed by atoms with Crippen LogP contribution < -0.4 is 10.6 Å². The van der Waals surface area contributed by atoms with Crippen LogP contribution in [0.25, 0.3) is 5.69 Å². The second-order valence-corrected chi connectivity index (χ2v) is 11.5. The Labute approximate surface area is 243 Å². The molecule has 9 nitrogen and oxygen atoms in total. The summed E-state index contributed by atoms with van der Waals surface area (Å²) in [5.41, 5.74) is 0.550. The molecule has 2 heterocycles. The van der Waals surface area contributed by atoms with E-state index in [9.17, 15) is 36.7 Å². The van der Waals surface area contributed by atoms with E-state index in [2.05, 4.69) is 31.7 Å². The van der Waals surface area contributed by atoms with E-state index < -0.39 is 65.5 Å². The first-order valence-corrected chi connectivity index (χ1v) is 13.9. The van der Waals surface area contributed by atoms with E-state index in [1.807, 2.05) is 0 Å². The number of hydrogen-bond donors (Lipinski definition) is 2. The zero-order valence-corrected chi connectivity index (χ0v) is 24.8. The Morgan fingerprint density at radius 1 is 1.05 bits per heavy atom. The number of nitrogens with one attached hydrogen (secondary N) is 2. The van der Waals surface area contributed by atoms with Crippen molar-refractivity contribution in [3.05, 3.63) is 45.9 Å². The van der Waals surface area contributed by atoms with Gasteiger partial charge in [-0.2, -0.15) is 18.3 Å². The van der Waals surface area contributed by atoms with Crippen molar-refractivity contribution < 1.29 is 36.7 Å². The Morgan fingerprint density at radius 3 is 2.24 bits per heavy atom. The molecule has 0 unspecified atom stereocenters. The molecule has 0 spiro atoms. The van der Waals surface area contributed by atoms with Crippen molar-refractivity contribution in [1.82, 2.24) is 25.3 Å². The molecule has 41 heavy (non-hydrogen) atoms. The number of ketones is 1. The van der Waals surface area contributed by atoms with Crippen molar-refractivity contribution in [3.8, 4) is 5.69 Å². The molecular weight excluding hydrogens is 614 g/mol. The molecular formula is C27H32BrF4N5O4. The van der Waals surface area contributed by atoms with Gasteiger partial charge in [0.25, 0.3) is 11.7 Å². The number of halogens is 5. The lowest BCUT2D eigenvalue weighted by atomic mass is 9.98. The third kappa shape index (κ3) is 7.14. The summed E-state index contributed by atoms with van der Waals surface area (Å²) in [6, 6.07) is 0.392. The zero-order chi connectivity index (χ0) is 30.8. The average Bonchev–Trinajstić information content (AvgIpc) is 3.51. The highest BCUT2D eigenvalue weighted by atomic mass is 79.9. The second kappa shape index (κ2) is 12.7. The van der Waals surface area contributed by atoms with Crippen molar-refractivity contribution in [2.24, 2.45) is 11.8 Å². The van der Waals surface area contributed by atoms with Crippen molar-refractivity contribution in [3.63, 3.8) is 0 Å². The summed E-state index contributed by atoms with van der Waals surface area (Å²) in [6.07, 6.45) is -3.28. The fourth-order valence-corrected chi connectivity index (χ4v) is 5.04. The topological polar surface area (TPSA) is 113 Å². The standard InChI is InChI=1S/C27H32BrF4N5O4/c1-13(2)21(23(38)27(30,31)32)34-25(40)20-7-6-10-36(20)26(41)22(14(3)4)35-24(39)17-12-33-37(15(17)5)19-9-8-16(28)11-18(19)29/h8-9,11-14,20-22H,6-7,10H2,1-5H3,(H,34,40)(H,35,39)/t20-,21-,22-/m0/s1. The first kappa shape index (κ1) is 32.2. The second-order valence-electron chi connectivity index (χ2n) is 10.6. The molecule has 224 valence electrons. The van der Waals surface area contributed by atoms with Gasteiger partial charge >= 0.3 is 6.18 Å². The number of benzene rings is 1. The molecule has 14 heteroatoms. The average molecular weight is 646 g/mol. The van der Waals surface area contributed by atoms with Crippen LogP contribution in [-0.2, 0) is 14.4 Å². The van der Waals surface area contributed by atoms with Crippen molar-refractivity contribution in [1.29, 1.82) is 0 Å². The van der Waals surface area contributed by atoms with Crippen molar-refractivity contribution >= 4 is 39.4 Å². The molecule has 3 amide bonds. The van der Waals surface area contributed by atoms with Gasteiger partial charge in [0.05, 0.1) is 23.5 Å². The summed E-state index contributed by atoms with van der Waals surface area (Å²) in [5, 5.41) is 8.98. The number of likely N-dealkylation sites (tertiary alicyclic amines) is 1. The summed E-state index contributed by atoms with van der Waals surface area (Å²) in [6.45, 7) is 7.87. The predicted octanol–water partition coefficient (Wildman–Crippen LogP) is 4.10. The number of rotatable bonds is 9. The SMILES string of the molecule is Cc1c(C(=O)N[C@H](C(=O)N2CCC[C@H]2C(=O)N[C@H](C(=O)C(F)(F)F)C(C)C)C(C)C)cnn1-c1ccc(Br)cc1F. The number of carbonyl (C=O) groups is 4. The lowest BCUT2D eigenvalue weighted by Crippen LogP contribution is -2.58. The number of Topliss-reactive ketones (excluding diaryl/α,β-unsaturated/α-hetero) is 1. The number of amides is 3. The monoisotopic (exact) mass is 645 g/mol. The summed E-state index contributed by atoms with van der Waals surface area (Å²) in [7, 11) is 0. The largest absolute Gasteiger partial charge is 0.452 e. The van der Waals surface area contributed by atoms with E-state index in [1.54, 1.807) is 26.8 Å². The minimum Gasteiger partial charge on any atom is -0.344 e. The zero-order valence-electron chi connectivity index (χ0n) is 23.2. The summed E-state index contributed by atoms with van der Waals surface area (Å²) in [4.78, 5) is 52.9. The number of carbonyl (C=O) groups excluding carboxylic acids is 4. The Morgan fingerprint density at radius 2 is 1.68 bits per heavy atom. The Hall–Kier alpha value is -3.29. The fourth-order valence-electron chi connectivity index (χ4n) is 4.70. The maximum atomic E-state index is 14.5. The fraction of sp³-hybridized carbons (Fsp3) is 0.519. The van der Waals surface area contributed by atoms with E-state index >= 15 is 0 Å². The predicted molar refractivity (Wildman–Crippen MR) is 145 cm³/mol. The summed E-state index contributed by atoms with van der Waals surface area (Å²) in [5.74, 6) is -5.99. The quantitative estimate of drug-likeness (QED) is 0.399. The van der Waals surface area contributed by atoms with Gasteiger partial charge in [-0.1, -0.05) is 43.6 Å². The van der Waals surface area contributed by atoms with Crippen molar-refractivity contribution in [2.75, 3.05) is 6.54 Å². The normalized spacial score (nSPS) is 17.1. The molecule has 1 aliphatic heterocycles. The third-order valence-electron chi connectivity index (χ3n) is 6.98. The van der Waals surface area contributed by atoms with E-state index in [4.69, 9.17) is 0 Å². The first-order valence-electron chi connectivity index (χ1n) is 13.1. The number of hydrogen-bond acceptors (Lipinski definition) is 5. The smallest absolute Gasteiger partial charge is 0.344 e. The Kier molecular flexibility index (Phi) is 9.98. The third-order valence-corrected chi connectivity index (χ3v) is 7.47. The van der Waals surface area contributed by atoms with Gasteiger partial charge in [0.1, 0.15) is 23.6 Å². The molecule has 2 aromatic rings. The van der Waals surface area contributed by atoms with E-state index in [0.29, 0.717) is 16.6 Å². The lowest BCUT2D eigenvalue weighted by Gasteiger charge is -2.31. The van der Waals surface area contributed by atoms with Gasteiger partial charge in [0.2, 0.25) is 11.8 Å². The van der Waals surface area contributed by atoms with Crippen LogP contribution in [0.1, 0.15) is 56.6 Å². The summed E-state index contributed by atoms with van der Waals surface area (Å²) < 4.78 is 55.5. The molecule has 1 aromatic heterocycles. The van der Waals surface area contributed by atoms with Crippen LogP contribution in [0.3, 0.4) is 0 Å². The Balaban J connectivity index is 1.79. The molecule has 3 atom stereocenters. The highest BCUT2D eigenvalue weighted by Gasteiger charge is 2.46. The molecule has 1 aliphatic rings. The minimum absolute atomic E-state index is 0.104. The molecule has 1 aromatic carbocycles. The van der Waals surface area contributed by atoms with Gasteiger partial charge < -0.3 is 15.5 Å². The van der Waals surface area contributed by atoms with Gasteiger partial charge in [-0.05, 0) is 49.8 Å². The van der Waals surface area contributed by atoms with Gasteiger partial charge in [-0.15, -0.1) is 0 Å². The molecule has 0 bridgehead atoms. The maximum Gasteiger partial charge on any atom is 0.452 e. The highest BCUT2D eigenvalue weighted by Crippen LogP contribution is 2.25. The minimum atomic E-state index is -5.13. The van der Waals surface area contributed by atoms with E-state index in [0.717, 1.165) is 0 Å². The van der Waals surface area contributed by atoms with Gasteiger partial charge in [0, 0.05) is 11.0 Å². The molecule has 2 N–H and O–H groups in total. The molecule has 0 radical (unpaired) electrons. The van der Waals surface area contributed by atoms with E-state index in [-0.39, 0.29) is 24.2 Å². The molecule has 1 saturated heterocycles. The first-order chi connectivity index (χ1) is 19.0. The van der Waals surface area contributed by atoms with Crippen molar-refractivity contribution in [2.45, 2.75) is 71.8 Å².